The average Bonchev–Trinajstić information content (AvgIpc) is 2.31. The van der Waals surface area contributed by atoms with E-state index in [-0.39, 0.29) is 12.0 Å². The van der Waals surface area contributed by atoms with Gasteiger partial charge in [0, 0.05) is 18.8 Å². The van der Waals surface area contributed by atoms with Crippen molar-refractivity contribution < 1.29 is 13.2 Å². The molecule has 1 saturated carbocycles. The minimum atomic E-state index is -4.43. The van der Waals surface area contributed by atoms with Gasteiger partial charge in [-0.2, -0.15) is 13.2 Å². The summed E-state index contributed by atoms with van der Waals surface area (Å²) in [6.45, 7) is 1.10. The number of hydrogen-bond acceptors (Lipinski definition) is 4. The summed E-state index contributed by atoms with van der Waals surface area (Å²) in [6, 6.07) is 1.14. The maximum absolute atomic E-state index is 12.7. The summed E-state index contributed by atoms with van der Waals surface area (Å²) < 4.78 is 38.0. The first kappa shape index (κ1) is 14.0. The van der Waals surface area contributed by atoms with Crippen molar-refractivity contribution in [3.63, 3.8) is 0 Å². The predicted molar refractivity (Wildman–Crippen MR) is 65.7 cm³/mol. The second-order valence-electron chi connectivity index (χ2n) is 4.66. The molecule has 1 aromatic rings. The van der Waals surface area contributed by atoms with Crippen molar-refractivity contribution in [3.8, 4) is 0 Å². The lowest BCUT2D eigenvalue weighted by Crippen LogP contribution is -2.42. The van der Waals surface area contributed by atoms with Crippen molar-refractivity contribution in [3.05, 3.63) is 18.0 Å². The van der Waals surface area contributed by atoms with Crippen LogP contribution in [0, 0.1) is 0 Å². The molecule has 2 rings (SSSR count). The van der Waals surface area contributed by atoms with Crippen LogP contribution in [-0.2, 0) is 6.18 Å². The number of halogens is 3. The number of nitrogens with zero attached hydrogens (tertiary/aromatic N) is 3. The van der Waals surface area contributed by atoms with Crippen LogP contribution in [0.2, 0.25) is 0 Å². The van der Waals surface area contributed by atoms with Crippen LogP contribution in [0.5, 0.6) is 0 Å². The molecule has 0 radical (unpaired) electrons. The van der Waals surface area contributed by atoms with Crippen LogP contribution in [0.4, 0.5) is 19.1 Å². The molecule has 106 valence electrons. The Morgan fingerprint density at radius 1 is 1.37 bits per heavy atom. The van der Waals surface area contributed by atoms with Crippen LogP contribution in [0.3, 0.4) is 0 Å². The number of anilines is 1. The van der Waals surface area contributed by atoms with Gasteiger partial charge in [-0.15, -0.1) is 0 Å². The average molecular weight is 274 g/mol. The molecule has 0 atom stereocenters. The molecule has 19 heavy (non-hydrogen) atoms. The summed E-state index contributed by atoms with van der Waals surface area (Å²) in [5, 5.41) is 0. The van der Waals surface area contributed by atoms with E-state index >= 15 is 0 Å². The zero-order valence-electron chi connectivity index (χ0n) is 10.5. The molecule has 1 aliphatic carbocycles. The summed E-state index contributed by atoms with van der Waals surface area (Å²) in [6.07, 6.45) is 0.503. The van der Waals surface area contributed by atoms with Crippen molar-refractivity contribution >= 4 is 5.95 Å². The van der Waals surface area contributed by atoms with Gasteiger partial charge >= 0.3 is 6.18 Å². The van der Waals surface area contributed by atoms with Gasteiger partial charge in [0.25, 0.3) is 0 Å². The van der Waals surface area contributed by atoms with Gasteiger partial charge < -0.3 is 10.6 Å². The maximum atomic E-state index is 12.7. The van der Waals surface area contributed by atoms with Crippen LogP contribution in [0.15, 0.2) is 12.3 Å². The van der Waals surface area contributed by atoms with Gasteiger partial charge in [0.05, 0.1) is 0 Å². The minimum absolute atomic E-state index is 0.160. The molecule has 7 heteroatoms. The van der Waals surface area contributed by atoms with E-state index in [0.717, 1.165) is 31.7 Å². The van der Waals surface area contributed by atoms with E-state index in [9.17, 15) is 13.2 Å². The van der Waals surface area contributed by atoms with Gasteiger partial charge in [-0.05, 0) is 38.3 Å². The number of nitrogens with two attached hydrogens (primary N) is 1. The van der Waals surface area contributed by atoms with Crippen LogP contribution < -0.4 is 10.6 Å². The summed E-state index contributed by atoms with van der Waals surface area (Å²) in [5.74, 6) is 0.160. The largest absolute Gasteiger partial charge is 0.433 e. The molecule has 0 saturated heterocycles. The molecule has 4 nitrogen and oxygen atoms in total. The van der Waals surface area contributed by atoms with E-state index in [4.69, 9.17) is 5.73 Å². The van der Waals surface area contributed by atoms with Gasteiger partial charge in [-0.1, -0.05) is 0 Å². The van der Waals surface area contributed by atoms with E-state index in [1.807, 2.05) is 4.90 Å². The fourth-order valence-corrected chi connectivity index (χ4v) is 2.05. The first-order chi connectivity index (χ1) is 9.02. The molecule has 1 heterocycles. The van der Waals surface area contributed by atoms with Crippen LogP contribution in [0.1, 0.15) is 31.4 Å². The first-order valence-corrected chi connectivity index (χ1v) is 6.39. The normalized spacial score (nSPS) is 16.2. The monoisotopic (exact) mass is 274 g/mol. The number of aromatic nitrogens is 2. The minimum Gasteiger partial charge on any atom is -0.338 e. The number of rotatable bonds is 5. The van der Waals surface area contributed by atoms with Gasteiger partial charge in [-0.25, -0.2) is 9.97 Å². The molecule has 2 N–H and O–H groups in total. The molecule has 0 bridgehead atoms. The SMILES string of the molecule is NCCCN(c1nccc(C(F)(F)F)n1)C1CCC1. The number of alkyl halides is 3. The Hall–Kier alpha value is -1.37. The third kappa shape index (κ3) is 3.34. The fourth-order valence-electron chi connectivity index (χ4n) is 2.05. The van der Waals surface area contributed by atoms with Gasteiger partial charge in [-0.3, -0.25) is 0 Å². The summed E-state index contributed by atoms with van der Waals surface area (Å²) >= 11 is 0. The molecule has 1 aromatic heterocycles. The van der Waals surface area contributed by atoms with Crippen LogP contribution >= 0.6 is 0 Å². The van der Waals surface area contributed by atoms with Gasteiger partial charge in [0.2, 0.25) is 5.95 Å². The number of hydrogen-bond donors (Lipinski definition) is 1. The zero-order chi connectivity index (χ0) is 13.9. The highest BCUT2D eigenvalue weighted by atomic mass is 19.4. The molecule has 1 aliphatic rings. The Morgan fingerprint density at radius 2 is 2.11 bits per heavy atom. The van der Waals surface area contributed by atoms with E-state index in [2.05, 4.69) is 9.97 Å². The molecule has 0 aliphatic heterocycles. The molecular formula is C12H17F3N4. The standard InChI is InChI=1S/C12H17F3N4/c13-12(14,15)10-5-7-17-11(18-10)19(8-2-6-16)9-3-1-4-9/h5,7,9H,1-4,6,8,16H2. The maximum Gasteiger partial charge on any atom is 0.433 e. The lowest BCUT2D eigenvalue weighted by molar-refractivity contribution is -0.141. The highest BCUT2D eigenvalue weighted by Crippen LogP contribution is 2.31. The van der Waals surface area contributed by atoms with Crippen LogP contribution in [0.25, 0.3) is 0 Å². The Bertz CT molecular complexity index is 418. The van der Waals surface area contributed by atoms with Crippen molar-refractivity contribution in [2.45, 2.75) is 37.9 Å². The Balaban J connectivity index is 2.20. The van der Waals surface area contributed by atoms with E-state index in [0.29, 0.717) is 13.1 Å². The van der Waals surface area contributed by atoms with E-state index < -0.39 is 11.9 Å². The third-order valence-electron chi connectivity index (χ3n) is 3.31. The molecule has 0 unspecified atom stereocenters. The highest BCUT2D eigenvalue weighted by Gasteiger charge is 2.34. The van der Waals surface area contributed by atoms with Crippen molar-refractivity contribution in [2.24, 2.45) is 5.73 Å². The summed E-state index contributed by atoms with van der Waals surface area (Å²) in [4.78, 5) is 9.49. The quantitative estimate of drug-likeness (QED) is 0.894. The fraction of sp³-hybridized carbons (Fsp3) is 0.667. The third-order valence-corrected chi connectivity index (χ3v) is 3.31. The van der Waals surface area contributed by atoms with Crippen LogP contribution in [-0.4, -0.2) is 29.1 Å². The zero-order valence-corrected chi connectivity index (χ0v) is 10.5. The first-order valence-electron chi connectivity index (χ1n) is 6.39. The van der Waals surface area contributed by atoms with Crippen molar-refractivity contribution in [1.29, 1.82) is 0 Å². The predicted octanol–water partition coefficient (Wildman–Crippen LogP) is 2.20. The lowest BCUT2D eigenvalue weighted by Gasteiger charge is -2.37. The Morgan fingerprint density at radius 3 is 2.63 bits per heavy atom. The lowest BCUT2D eigenvalue weighted by atomic mass is 9.91. The second kappa shape index (κ2) is 5.73. The Kier molecular flexibility index (Phi) is 4.24. The molecule has 0 aromatic carbocycles. The molecular weight excluding hydrogens is 257 g/mol. The van der Waals surface area contributed by atoms with E-state index in [1.54, 1.807) is 0 Å². The van der Waals surface area contributed by atoms with Crippen molar-refractivity contribution in [1.82, 2.24) is 9.97 Å². The highest BCUT2D eigenvalue weighted by molar-refractivity contribution is 5.33. The molecule has 0 spiro atoms. The summed E-state index contributed by atoms with van der Waals surface area (Å²) in [7, 11) is 0. The van der Waals surface area contributed by atoms with Gasteiger partial charge in [0.15, 0.2) is 0 Å². The van der Waals surface area contributed by atoms with E-state index in [1.165, 1.54) is 6.20 Å². The van der Waals surface area contributed by atoms with Gasteiger partial charge in [0.1, 0.15) is 5.69 Å². The van der Waals surface area contributed by atoms with Crippen molar-refractivity contribution in [2.75, 3.05) is 18.0 Å². The summed E-state index contributed by atoms with van der Waals surface area (Å²) in [5.41, 5.74) is 4.57. The Labute approximate surface area is 109 Å². The smallest absolute Gasteiger partial charge is 0.338 e. The topological polar surface area (TPSA) is 55.0 Å². The second-order valence-corrected chi connectivity index (χ2v) is 4.66. The molecule has 0 amide bonds. The molecule has 1 fully saturated rings.